The third kappa shape index (κ3) is 3.92. The Morgan fingerprint density at radius 3 is 2.50 bits per heavy atom. The number of ether oxygens (including phenoxy) is 1. The van der Waals surface area contributed by atoms with Gasteiger partial charge in [0.1, 0.15) is 23.5 Å². The zero-order chi connectivity index (χ0) is 15.2. The zero-order valence-corrected chi connectivity index (χ0v) is 10.5. The molecular formula is C13H10F3N3O. The minimum absolute atomic E-state index is 0.0321. The standard InChI is InChI=1S/C13H10F3N3O/c1-2-20-12-4-3-10(13(14,15)16)5-11(12)19-8-9(6-17)7-18/h3-5,8,19H,2H2,1H3. The van der Waals surface area contributed by atoms with Gasteiger partial charge in [0.25, 0.3) is 0 Å². The zero-order valence-electron chi connectivity index (χ0n) is 10.5. The van der Waals surface area contributed by atoms with Gasteiger partial charge in [-0.2, -0.15) is 23.7 Å². The first-order valence-corrected chi connectivity index (χ1v) is 5.53. The quantitative estimate of drug-likeness (QED) is 0.858. The average Bonchev–Trinajstić information content (AvgIpc) is 2.40. The van der Waals surface area contributed by atoms with Gasteiger partial charge in [0, 0.05) is 6.20 Å². The van der Waals surface area contributed by atoms with Gasteiger partial charge in [-0.3, -0.25) is 0 Å². The van der Waals surface area contributed by atoms with Crippen LogP contribution < -0.4 is 10.1 Å². The lowest BCUT2D eigenvalue weighted by molar-refractivity contribution is -0.137. The van der Waals surface area contributed by atoms with E-state index in [-0.39, 0.29) is 23.6 Å². The van der Waals surface area contributed by atoms with Crippen LogP contribution in [0.3, 0.4) is 0 Å². The maximum Gasteiger partial charge on any atom is 0.416 e. The lowest BCUT2D eigenvalue weighted by Crippen LogP contribution is -2.06. The molecule has 0 aliphatic heterocycles. The normalized spacial score (nSPS) is 10.1. The number of hydrogen-bond donors (Lipinski definition) is 1. The van der Waals surface area contributed by atoms with Gasteiger partial charge in [0.15, 0.2) is 0 Å². The van der Waals surface area contributed by atoms with E-state index in [1.165, 1.54) is 6.07 Å². The molecule has 1 N–H and O–H groups in total. The van der Waals surface area contributed by atoms with Gasteiger partial charge in [-0.25, -0.2) is 0 Å². The third-order valence-corrected chi connectivity index (χ3v) is 2.22. The molecule has 0 heterocycles. The fourth-order valence-corrected chi connectivity index (χ4v) is 1.34. The monoisotopic (exact) mass is 281 g/mol. The lowest BCUT2D eigenvalue weighted by Gasteiger charge is -2.13. The van der Waals surface area contributed by atoms with Crippen molar-refractivity contribution in [1.82, 2.24) is 0 Å². The van der Waals surface area contributed by atoms with E-state index in [0.717, 1.165) is 18.3 Å². The van der Waals surface area contributed by atoms with Crippen molar-refractivity contribution in [2.75, 3.05) is 11.9 Å². The summed E-state index contributed by atoms with van der Waals surface area (Å²) in [4.78, 5) is 0. The first-order valence-electron chi connectivity index (χ1n) is 5.53. The lowest BCUT2D eigenvalue weighted by atomic mass is 10.1. The molecule has 1 aromatic carbocycles. The molecule has 0 atom stereocenters. The van der Waals surface area contributed by atoms with Crippen molar-refractivity contribution in [3.8, 4) is 17.9 Å². The highest BCUT2D eigenvalue weighted by atomic mass is 19.4. The molecule has 0 saturated heterocycles. The second kappa shape index (κ2) is 6.48. The Kier molecular flexibility index (Phi) is 4.99. The van der Waals surface area contributed by atoms with E-state index in [4.69, 9.17) is 15.3 Å². The Labute approximate surface area is 113 Å². The molecule has 20 heavy (non-hydrogen) atoms. The second-order valence-corrected chi connectivity index (χ2v) is 3.57. The molecule has 0 aromatic heterocycles. The molecule has 7 heteroatoms. The first-order chi connectivity index (χ1) is 9.42. The topological polar surface area (TPSA) is 68.8 Å². The maximum atomic E-state index is 12.6. The molecule has 1 aromatic rings. The molecule has 4 nitrogen and oxygen atoms in total. The van der Waals surface area contributed by atoms with Crippen LogP contribution in [-0.2, 0) is 6.18 Å². The summed E-state index contributed by atoms with van der Waals surface area (Å²) in [6.45, 7) is 1.96. The molecule has 0 aliphatic carbocycles. The SMILES string of the molecule is CCOc1ccc(C(F)(F)F)cc1NC=C(C#N)C#N. The molecular weight excluding hydrogens is 271 g/mol. The number of nitriles is 2. The molecule has 0 unspecified atom stereocenters. The van der Waals surface area contributed by atoms with Gasteiger partial charge >= 0.3 is 6.18 Å². The highest BCUT2D eigenvalue weighted by Gasteiger charge is 2.31. The Hall–Kier alpha value is -2.67. The van der Waals surface area contributed by atoms with Crippen molar-refractivity contribution in [1.29, 1.82) is 10.5 Å². The van der Waals surface area contributed by atoms with Crippen LogP contribution in [0, 0.1) is 22.7 Å². The molecule has 0 aliphatic rings. The molecule has 0 fully saturated rings. The number of halogens is 3. The number of allylic oxidation sites excluding steroid dienone is 1. The van der Waals surface area contributed by atoms with Crippen LogP contribution in [0.4, 0.5) is 18.9 Å². The van der Waals surface area contributed by atoms with Gasteiger partial charge in [-0.15, -0.1) is 0 Å². The molecule has 0 saturated carbocycles. The van der Waals surface area contributed by atoms with E-state index in [2.05, 4.69) is 5.32 Å². The molecule has 1 rings (SSSR count). The number of anilines is 1. The number of nitrogens with one attached hydrogen (secondary N) is 1. The Balaban J connectivity index is 3.17. The van der Waals surface area contributed by atoms with Gasteiger partial charge in [-0.05, 0) is 25.1 Å². The Bertz CT molecular complexity index is 578. The molecule has 0 amide bonds. The fraction of sp³-hybridized carbons (Fsp3) is 0.231. The number of rotatable bonds is 4. The summed E-state index contributed by atoms with van der Waals surface area (Å²) in [5.41, 5.74) is -1.08. The third-order valence-electron chi connectivity index (χ3n) is 2.22. The highest BCUT2D eigenvalue weighted by molar-refractivity contribution is 5.61. The number of nitrogens with zero attached hydrogens (tertiary/aromatic N) is 2. The van der Waals surface area contributed by atoms with Crippen LogP contribution in [0.25, 0.3) is 0 Å². The molecule has 0 radical (unpaired) electrons. The van der Waals surface area contributed by atoms with Crippen molar-refractivity contribution in [3.05, 3.63) is 35.5 Å². The highest BCUT2D eigenvalue weighted by Crippen LogP contribution is 2.35. The molecule has 0 bridgehead atoms. The van der Waals surface area contributed by atoms with Gasteiger partial charge < -0.3 is 10.1 Å². The van der Waals surface area contributed by atoms with Gasteiger partial charge in [-0.1, -0.05) is 0 Å². The summed E-state index contributed by atoms with van der Waals surface area (Å²) in [6, 6.07) is 6.12. The van der Waals surface area contributed by atoms with Gasteiger partial charge in [0.05, 0.1) is 17.9 Å². The minimum atomic E-state index is -4.49. The Morgan fingerprint density at radius 2 is 2.00 bits per heavy atom. The number of benzene rings is 1. The van der Waals surface area contributed by atoms with Crippen LogP contribution in [-0.4, -0.2) is 6.61 Å². The Morgan fingerprint density at radius 1 is 1.35 bits per heavy atom. The van der Waals surface area contributed by atoms with Gasteiger partial charge in [0.2, 0.25) is 0 Å². The summed E-state index contributed by atoms with van der Waals surface area (Å²) in [5.74, 6) is 0.201. The van der Waals surface area contributed by atoms with E-state index in [1.54, 1.807) is 19.1 Å². The fourth-order valence-electron chi connectivity index (χ4n) is 1.34. The minimum Gasteiger partial charge on any atom is -0.492 e. The largest absolute Gasteiger partial charge is 0.492 e. The van der Waals surface area contributed by atoms with E-state index >= 15 is 0 Å². The number of hydrogen-bond acceptors (Lipinski definition) is 4. The first kappa shape index (κ1) is 15.4. The van der Waals surface area contributed by atoms with Crippen LogP contribution in [0.2, 0.25) is 0 Å². The summed E-state index contributed by atoms with van der Waals surface area (Å²) in [7, 11) is 0. The predicted molar refractivity (Wildman–Crippen MR) is 65.5 cm³/mol. The summed E-state index contributed by atoms with van der Waals surface area (Å²) in [5, 5.41) is 19.6. The van der Waals surface area contributed by atoms with Crippen molar-refractivity contribution >= 4 is 5.69 Å². The van der Waals surface area contributed by atoms with E-state index in [1.807, 2.05) is 0 Å². The van der Waals surface area contributed by atoms with Crippen molar-refractivity contribution in [2.45, 2.75) is 13.1 Å². The van der Waals surface area contributed by atoms with E-state index in [9.17, 15) is 13.2 Å². The van der Waals surface area contributed by atoms with E-state index in [0.29, 0.717) is 0 Å². The summed E-state index contributed by atoms with van der Waals surface area (Å²) < 4.78 is 43.1. The molecule has 104 valence electrons. The van der Waals surface area contributed by atoms with Crippen LogP contribution >= 0.6 is 0 Å². The van der Waals surface area contributed by atoms with Crippen LogP contribution in [0.5, 0.6) is 5.75 Å². The second-order valence-electron chi connectivity index (χ2n) is 3.57. The summed E-state index contributed by atoms with van der Waals surface area (Å²) >= 11 is 0. The average molecular weight is 281 g/mol. The smallest absolute Gasteiger partial charge is 0.416 e. The maximum absolute atomic E-state index is 12.6. The van der Waals surface area contributed by atoms with E-state index < -0.39 is 11.7 Å². The van der Waals surface area contributed by atoms with Crippen molar-refractivity contribution in [3.63, 3.8) is 0 Å². The number of alkyl halides is 3. The predicted octanol–water partition coefficient (Wildman–Crippen LogP) is 3.45. The van der Waals surface area contributed by atoms with Crippen LogP contribution in [0.15, 0.2) is 30.0 Å². The van der Waals surface area contributed by atoms with Crippen molar-refractivity contribution < 1.29 is 17.9 Å². The molecule has 0 spiro atoms. The summed E-state index contributed by atoms with van der Waals surface area (Å²) in [6.07, 6.45) is -3.46. The van der Waals surface area contributed by atoms with Crippen LogP contribution in [0.1, 0.15) is 12.5 Å². The van der Waals surface area contributed by atoms with Crippen molar-refractivity contribution in [2.24, 2.45) is 0 Å².